The van der Waals surface area contributed by atoms with E-state index in [-0.39, 0.29) is 19.1 Å². The van der Waals surface area contributed by atoms with Gasteiger partial charge in [-0.25, -0.2) is 0 Å². The smallest absolute Gasteiger partial charge is 0.340 e. The van der Waals surface area contributed by atoms with Crippen LogP contribution in [0, 0.1) is 0 Å². The molecule has 1 unspecified atom stereocenters. The number of amides is 1. The number of hydrogen-bond acceptors (Lipinski definition) is 4. The summed E-state index contributed by atoms with van der Waals surface area (Å²) >= 11 is 0. The van der Waals surface area contributed by atoms with Gasteiger partial charge in [-0.3, -0.25) is 9.36 Å². The summed E-state index contributed by atoms with van der Waals surface area (Å²) in [5.41, 5.74) is 0.928. The van der Waals surface area contributed by atoms with Gasteiger partial charge in [-0.05, 0) is 24.1 Å². The fourth-order valence-electron chi connectivity index (χ4n) is 2.74. The lowest BCUT2D eigenvalue weighted by molar-refractivity contribution is -0.128. The molecule has 1 aliphatic rings. The third-order valence-corrected chi connectivity index (χ3v) is 6.03. The number of carbonyl (C=O) groups is 1. The van der Waals surface area contributed by atoms with Crippen molar-refractivity contribution in [1.29, 1.82) is 0 Å². The second kappa shape index (κ2) is 8.43. The Bertz CT molecular complexity index is 736. The lowest BCUT2D eigenvalue weighted by Gasteiger charge is -2.21. The van der Waals surface area contributed by atoms with E-state index in [1.807, 2.05) is 36.4 Å². The molecule has 1 atom stereocenters. The number of hydrogen-bond donors (Lipinski definition) is 0. The molecule has 3 rings (SSSR count). The summed E-state index contributed by atoms with van der Waals surface area (Å²) in [5.74, 6) is 0.128. The molecule has 1 saturated heterocycles. The van der Waals surface area contributed by atoms with Crippen LogP contribution in [0.1, 0.15) is 18.4 Å². The maximum Gasteiger partial charge on any atom is 0.361 e. The first-order valence-corrected chi connectivity index (χ1v) is 9.98. The van der Waals surface area contributed by atoms with Gasteiger partial charge in [-0.1, -0.05) is 48.5 Å². The number of rotatable bonds is 8. The van der Waals surface area contributed by atoms with Gasteiger partial charge in [0.2, 0.25) is 5.91 Å². The van der Waals surface area contributed by atoms with Crippen LogP contribution in [0.5, 0.6) is 0 Å². The Balaban J connectivity index is 1.66. The molecular formula is C19H22NO4P. The number of carbonyl (C=O) groups excluding carboxylic acids is 1. The summed E-state index contributed by atoms with van der Waals surface area (Å²) in [6, 6.07) is 18.5. The zero-order valence-corrected chi connectivity index (χ0v) is 14.9. The van der Waals surface area contributed by atoms with Crippen molar-refractivity contribution in [1.82, 2.24) is 4.90 Å². The molecule has 0 aromatic heterocycles. The van der Waals surface area contributed by atoms with E-state index in [2.05, 4.69) is 0 Å². The number of nitrogens with zero attached hydrogens (tertiary/aromatic N) is 1. The Morgan fingerprint density at radius 3 is 2.28 bits per heavy atom. The van der Waals surface area contributed by atoms with Crippen LogP contribution in [-0.2, 0) is 25.0 Å². The van der Waals surface area contributed by atoms with E-state index in [1.165, 1.54) is 0 Å². The molecule has 0 N–H and O–H groups in total. The van der Waals surface area contributed by atoms with Gasteiger partial charge in [-0.15, -0.1) is 0 Å². The molecule has 0 saturated carbocycles. The quantitative estimate of drug-likeness (QED) is 0.678. The standard InChI is InChI=1S/C19H22NO4P/c21-19-12-7-13-20(19)14-15-23-25(22,18-10-5-2-6-11-18)24-16-17-8-3-1-4-9-17/h1-6,8-11H,7,12-16H2. The summed E-state index contributed by atoms with van der Waals surface area (Å²) in [5, 5.41) is 0.527. The van der Waals surface area contributed by atoms with Gasteiger partial charge in [0.15, 0.2) is 0 Å². The number of benzene rings is 2. The third-order valence-electron chi connectivity index (χ3n) is 4.11. The fourth-order valence-corrected chi connectivity index (χ4v) is 4.29. The SMILES string of the molecule is O=C1CCCN1CCOP(=O)(OCc1ccccc1)c1ccccc1. The maximum absolute atomic E-state index is 13.3. The highest BCUT2D eigenvalue weighted by Gasteiger charge is 2.28. The molecule has 2 aromatic rings. The van der Waals surface area contributed by atoms with Crippen molar-refractivity contribution in [2.45, 2.75) is 19.4 Å². The van der Waals surface area contributed by atoms with Crippen LogP contribution in [-0.4, -0.2) is 30.5 Å². The van der Waals surface area contributed by atoms with Crippen LogP contribution >= 0.6 is 7.60 Å². The minimum atomic E-state index is -3.45. The molecule has 0 spiro atoms. The molecule has 132 valence electrons. The van der Waals surface area contributed by atoms with Crippen molar-refractivity contribution in [3.63, 3.8) is 0 Å². The molecule has 2 aromatic carbocycles. The van der Waals surface area contributed by atoms with Crippen molar-refractivity contribution in [2.75, 3.05) is 19.7 Å². The van der Waals surface area contributed by atoms with E-state index in [1.54, 1.807) is 29.2 Å². The predicted molar refractivity (Wildman–Crippen MR) is 96.7 cm³/mol. The van der Waals surface area contributed by atoms with Crippen molar-refractivity contribution in [2.24, 2.45) is 0 Å². The van der Waals surface area contributed by atoms with E-state index in [9.17, 15) is 9.36 Å². The highest BCUT2D eigenvalue weighted by molar-refractivity contribution is 7.62. The molecule has 25 heavy (non-hydrogen) atoms. The molecule has 6 heteroatoms. The number of likely N-dealkylation sites (tertiary alicyclic amines) is 1. The zero-order chi connectivity index (χ0) is 17.5. The minimum Gasteiger partial charge on any atom is -0.340 e. The maximum atomic E-state index is 13.3. The lowest BCUT2D eigenvalue weighted by atomic mass is 10.2. The van der Waals surface area contributed by atoms with Crippen molar-refractivity contribution < 1.29 is 18.4 Å². The Morgan fingerprint density at radius 1 is 0.960 bits per heavy atom. The van der Waals surface area contributed by atoms with E-state index < -0.39 is 7.60 Å². The zero-order valence-electron chi connectivity index (χ0n) is 14.0. The average molecular weight is 359 g/mol. The van der Waals surface area contributed by atoms with Gasteiger partial charge in [0.1, 0.15) is 0 Å². The molecule has 1 heterocycles. The van der Waals surface area contributed by atoms with Gasteiger partial charge < -0.3 is 13.9 Å². The summed E-state index contributed by atoms with van der Waals surface area (Å²) in [6.45, 7) is 1.56. The molecular weight excluding hydrogens is 337 g/mol. The van der Waals surface area contributed by atoms with Crippen molar-refractivity contribution in [3.05, 3.63) is 66.2 Å². The van der Waals surface area contributed by atoms with Crippen molar-refractivity contribution in [3.8, 4) is 0 Å². The first-order chi connectivity index (χ1) is 12.2. The normalized spacial score (nSPS) is 16.8. The van der Waals surface area contributed by atoms with E-state index in [0.717, 1.165) is 18.5 Å². The second-order valence-corrected chi connectivity index (χ2v) is 7.94. The Kier molecular flexibility index (Phi) is 6.03. The van der Waals surface area contributed by atoms with Crippen LogP contribution < -0.4 is 5.30 Å². The lowest BCUT2D eigenvalue weighted by Crippen LogP contribution is -2.28. The summed E-state index contributed by atoms with van der Waals surface area (Å²) in [4.78, 5) is 13.4. The van der Waals surface area contributed by atoms with E-state index in [4.69, 9.17) is 9.05 Å². The highest BCUT2D eigenvalue weighted by atomic mass is 31.2. The molecule has 5 nitrogen and oxygen atoms in total. The van der Waals surface area contributed by atoms with Gasteiger partial charge in [0.05, 0.1) is 18.5 Å². The monoisotopic (exact) mass is 359 g/mol. The van der Waals surface area contributed by atoms with Crippen molar-refractivity contribution >= 4 is 18.8 Å². The molecule has 1 fully saturated rings. The molecule has 1 amide bonds. The van der Waals surface area contributed by atoms with Gasteiger partial charge in [0, 0.05) is 19.5 Å². The van der Waals surface area contributed by atoms with E-state index in [0.29, 0.717) is 18.3 Å². The largest absolute Gasteiger partial charge is 0.361 e. The molecule has 1 aliphatic heterocycles. The average Bonchev–Trinajstić information content (AvgIpc) is 3.07. The van der Waals surface area contributed by atoms with E-state index >= 15 is 0 Å². The predicted octanol–water partition coefficient (Wildman–Crippen LogP) is 3.36. The molecule has 0 radical (unpaired) electrons. The third kappa shape index (κ3) is 4.79. The Hall–Kier alpha value is -1.94. The van der Waals surface area contributed by atoms with Crippen LogP contribution in [0.15, 0.2) is 60.7 Å². The van der Waals surface area contributed by atoms with Gasteiger partial charge >= 0.3 is 7.60 Å². The van der Waals surface area contributed by atoms with Gasteiger partial charge in [-0.2, -0.15) is 0 Å². The van der Waals surface area contributed by atoms with Crippen LogP contribution in [0.25, 0.3) is 0 Å². The first kappa shape index (κ1) is 17.9. The summed E-state index contributed by atoms with van der Waals surface area (Å²) in [7, 11) is -3.45. The highest BCUT2D eigenvalue weighted by Crippen LogP contribution is 2.47. The minimum absolute atomic E-state index is 0.128. The topological polar surface area (TPSA) is 55.8 Å². The molecule has 0 aliphatic carbocycles. The van der Waals surface area contributed by atoms with Crippen LogP contribution in [0.2, 0.25) is 0 Å². The Morgan fingerprint density at radius 2 is 1.64 bits per heavy atom. The summed E-state index contributed by atoms with van der Waals surface area (Å²) < 4.78 is 24.7. The van der Waals surface area contributed by atoms with Crippen LogP contribution in [0.3, 0.4) is 0 Å². The Labute approximate surface area is 148 Å². The second-order valence-electron chi connectivity index (χ2n) is 5.91. The van der Waals surface area contributed by atoms with Gasteiger partial charge in [0.25, 0.3) is 0 Å². The summed E-state index contributed by atoms with van der Waals surface area (Å²) in [6.07, 6.45) is 1.46. The first-order valence-electron chi connectivity index (χ1n) is 8.44. The van der Waals surface area contributed by atoms with Crippen LogP contribution in [0.4, 0.5) is 0 Å². The molecule has 0 bridgehead atoms. The fraction of sp³-hybridized carbons (Fsp3) is 0.316.